The van der Waals surface area contributed by atoms with Crippen LogP contribution in [0.2, 0.25) is 0 Å². The Kier molecular flexibility index (Phi) is 3.30. The molecule has 0 aliphatic carbocycles. The minimum absolute atomic E-state index is 1.09. The van der Waals surface area contributed by atoms with Crippen LogP contribution in [0.5, 0.6) is 0 Å². The van der Waals surface area contributed by atoms with Crippen molar-refractivity contribution >= 4 is 22.6 Å². The molecule has 0 aromatic carbocycles. The second-order valence-corrected chi connectivity index (χ2v) is 3.73. The minimum atomic E-state index is 1.09. The van der Waals surface area contributed by atoms with Crippen LogP contribution < -0.4 is 0 Å². The first-order chi connectivity index (χ1) is 5.24. The normalized spacial score (nSPS) is 10.1. The van der Waals surface area contributed by atoms with E-state index in [0.717, 1.165) is 16.5 Å². The van der Waals surface area contributed by atoms with E-state index >= 15 is 0 Å². The molecule has 1 nitrogen and oxygen atoms in total. The molecule has 0 bridgehead atoms. The standard InChI is InChI=1S/C9H12IN/c1-7-3-4-8(2)11-9(7)5-6-10/h3-4H,5-6H2,1-2H3. The van der Waals surface area contributed by atoms with Crippen molar-refractivity contribution in [1.82, 2.24) is 4.98 Å². The summed E-state index contributed by atoms with van der Waals surface area (Å²) in [7, 11) is 0. The van der Waals surface area contributed by atoms with Crippen LogP contribution in [0, 0.1) is 13.8 Å². The van der Waals surface area contributed by atoms with Crippen molar-refractivity contribution in [2.45, 2.75) is 20.3 Å². The Bertz CT molecular complexity index is 245. The first-order valence-electron chi connectivity index (χ1n) is 3.73. The maximum atomic E-state index is 4.46. The highest BCUT2D eigenvalue weighted by molar-refractivity contribution is 14.1. The number of rotatable bonds is 2. The Labute approximate surface area is 81.4 Å². The van der Waals surface area contributed by atoms with Gasteiger partial charge < -0.3 is 0 Å². The fraction of sp³-hybridized carbons (Fsp3) is 0.444. The topological polar surface area (TPSA) is 12.9 Å². The lowest BCUT2D eigenvalue weighted by Gasteiger charge is -2.02. The van der Waals surface area contributed by atoms with Gasteiger partial charge >= 0.3 is 0 Å². The third-order valence-electron chi connectivity index (χ3n) is 1.67. The average Bonchev–Trinajstić information content (AvgIpc) is 1.98. The molecule has 11 heavy (non-hydrogen) atoms. The van der Waals surface area contributed by atoms with Crippen molar-refractivity contribution in [2.75, 3.05) is 4.43 Å². The fourth-order valence-electron chi connectivity index (χ4n) is 1.02. The largest absolute Gasteiger partial charge is 0.258 e. The fourth-order valence-corrected chi connectivity index (χ4v) is 1.53. The maximum absolute atomic E-state index is 4.46. The van der Waals surface area contributed by atoms with Gasteiger partial charge in [0.2, 0.25) is 0 Å². The second kappa shape index (κ2) is 4.04. The Balaban J connectivity index is 2.93. The van der Waals surface area contributed by atoms with E-state index in [4.69, 9.17) is 0 Å². The summed E-state index contributed by atoms with van der Waals surface area (Å²) in [5, 5.41) is 0. The number of aryl methyl sites for hydroxylation is 3. The molecule has 0 amide bonds. The van der Waals surface area contributed by atoms with Crippen molar-refractivity contribution in [3.8, 4) is 0 Å². The molecule has 0 atom stereocenters. The molecule has 1 rings (SSSR count). The molecule has 60 valence electrons. The molecule has 0 unspecified atom stereocenters. The summed E-state index contributed by atoms with van der Waals surface area (Å²) in [4.78, 5) is 4.46. The van der Waals surface area contributed by atoms with Crippen LogP contribution in [0.4, 0.5) is 0 Å². The maximum Gasteiger partial charge on any atom is 0.0443 e. The van der Waals surface area contributed by atoms with Gasteiger partial charge in [0, 0.05) is 15.8 Å². The number of hydrogen-bond acceptors (Lipinski definition) is 1. The van der Waals surface area contributed by atoms with Crippen LogP contribution in [0.15, 0.2) is 12.1 Å². The summed E-state index contributed by atoms with van der Waals surface area (Å²) in [5.41, 5.74) is 3.68. The first kappa shape index (κ1) is 8.97. The highest BCUT2D eigenvalue weighted by atomic mass is 127. The Morgan fingerprint density at radius 1 is 1.36 bits per heavy atom. The van der Waals surface area contributed by atoms with E-state index in [1.165, 1.54) is 11.3 Å². The number of alkyl halides is 1. The monoisotopic (exact) mass is 261 g/mol. The predicted molar refractivity (Wildman–Crippen MR) is 56.3 cm³/mol. The quantitative estimate of drug-likeness (QED) is 0.589. The summed E-state index contributed by atoms with van der Waals surface area (Å²) in [6.07, 6.45) is 1.09. The number of hydrogen-bond donors (Lipinski definition) is 0. The third-order valence-corrected chi connectivity index (χ3v) is 2.21. The number of aromatic nitrogens is 1. The van der Waals surface area contributed by atoms with Crippen molar-refractivity contribution in [1.29, 1.82) is 0 Å². The molecule has 0 saturated heterocycles. The molecule has 0 aliphatic rings. The average molecular weight is 261 g/mol. The Morgan fingerprint density at radius 3 is 2.73 bits per heavy atom. The van der Waals surface area contributed by atoms with E-state index < -0.39 is 0 Å². The number of pyridine rings is 1. The van der Waals surface area contributed by atoms with Gasteiger partial charge in [0.1, 0.15) is 0 Å². The smallest absolute Gasteiger partial charge is 0.0443 e. The van der Waals surface area contributed by atoms with Crippen LogP contribution in [-0.4, -0.2) is 9.41 Å². The molecule has 0 fully saturated rings. The Hall–Kier alpha value is -0.120. The SMILES string of the molecule is Cc1ccc(C)c(CCI)n1. The molecule has 0 spiro atoms. The summed E-state index contributed by atoms with van der Waals surface area (Å²) >= 11 is 2.38. The van der Waals surface area contributed by atoms with E-state index in [0.29, 0.717) is 0 Å². The van der Waals surface area contributed by atoms with Crippen LogP contribution in [-0.2, 0) is 6.42 Å². The zero-order chi connectivity index (χ0) is 8.27. The molecule has 0 radical (unpaired) electrons. The van der Waals surface area contributed by atoms with Crippen molar-refractivity contribution in [3.63, 3.8) is 0 Å². The number of halogens is 1. The summed E-state index contributed by atoms with van der Waals surface area (Å²) < 4.78 is 1.15. The first-order valence-corrected chi connectivity index (χ1v) is 5.25. The zero-order valence-corrected chi connectivity index (χ0v) is 9.05. The Morgan fingerprint density at radius 2 is 2.09 bits per heavy atom. The molecule has 2 heteroatoms. The van der Waals surface area contributed by atoms with E-state index in [-0.39, 0.29) is 0 Å². The lowest BCUT2D eigenvalue weighted by molar-refractivity contribution is 0.998. The van der Waals surface area contributed by atoms with E-state index in [1.54, 1.807) is 0 Å². The lowest BCUT2D eigenvalue weighted by Crippen LogP contribution is -1.96. The summed E-state index contributed by atoms with van der Waals surface area (Å²) in [6.45, 7) is 4.16. The van der Waals surface area contributed by atoms with Gasteiger partial charge in [0.25, 0.3) is 0 Å². The molecule has 1 aromatic heterocycles. The lowest BCUT2D eigenvalue weighted by atomic mass is 10.1. The summed E-state index contributed by atoms with van der Waals surface area (Å²) in [5.74, 6) is 0. The molecular weight excluding hydrogens is 249 g/mol. The second-order valence-electron chi connectivity index (χ2n) is 2.66. The van der Waals surface area contributed by atoms with Crippen LogP contribution in [0.3, 0.4) is 0 Å². The molecule has 1 aromatic rings. The van der Waals surface area contributed by atoms with Gasteiger partial charge in [-0.15, -0.1) is 0 Å². The zero-order valence-electron chi connectivity index (χ0n) is 6.89. The van der Waals surface area contributed by atoms with Crippen molar-refractivity contribution in [2.24, 2.45) is 0 Å². The summed E-state index contributed by atoms with van der Waals surface area (Å²) in [6, 6.07) is 4.20. The van der Waals surface area contributed by atoms with Crippen molar-refractivity contribution in [3.05, 3.63) is 29.1 Å². The van der Waals surface area contributed by atoms with Crippen molar-refractivity contribution < 1.29 is 0 Å². The van der Waals surface area contributed by atoms with Gasteiger partial charge in [0.05, 0.1) is 0 Å². The van der Waals surface area contributed by atoms with E-state index in [1.807, 2.05) is 6.92 Å². The third kappa shape index (κ3) is 2.43. The molecule has 0 aliphatic heterocycles. The highest BCUT2D eigenvalue weighted by Crippen LogP contribution is 2.07. The molecule has 1 heterocycles. The number of nitrogens with zero attached hydrogens (tertiary/aromatic N) is 1. The minimum Gasteiger partial charge on any atom is -0.258 e. The molecular formula is C9H12IN. The van der Waals surface area contributed by atoms with Crippen LogP contribution in [0.25, 0.3) is 0 Å². The molecule has 0 N–H and O–H groups in total. The van der Waals surface area contributed by atoms with Gasteiger partial charge in [-0.25, -0.2) is 0 Å². The predicted octanol–water partition coefficient (Wildman–Crippen LogP) is 2.68. The van der Waals surface area contributed by atoms with E-state index in [2.05, 4.69) is 46.6 Å². The van der Waals surface area contributed by atoms with Gasteiger partial charge in [-0.3, -0.25) is 4.98 Å². The van der Waals surface area contributed by atoms with Gasteiger partial charge in [-0.2, -0.15) is 0 Å². The van der Waals surface area contributed by atoms with Crippen LogP contribution in [0.1, 0.15) is 17.0 Å². The van der Waals surface area contributed by atoms with Gasteiger partial charge in [0.15, 0.2) is 0 Å². The highest BCUT2D eigenvalue weighted by Gasteiger charge is 1.97. The van der Waals surface area contributed by atoms with Gasteiger partial charge in [-0.05, 0) is 31.9 Å². The van der Waals surface area contributed by atoms with Gasteiger partial charge in [-0.1, -0.05) is 28.7 Å². The van der Waals surface area contributed by atoms with Crippen LogP contribution >= 0.6 is 22.6 Å². The molecule has 0 saturated carbocycles. The van der Waals surface area contributed by atoms with E-state index in [9.17, 15) is 0 Å².